The van der Waals surface area contributed by atoms with Crippen molar-refractivity contribution in [1.82, 2.24) is 23.7 Å². The maximum Gasteiger partial charge on any atom is 0.411 e. The Labute approximate surface area is 418 Å². The third-order valence-electron chi connectivity index (χ3n) is 13.7. The number of cyclic esters (lactones) is 2. The Balaban J connectivity index is 0.000000213. The highest BCUT2D eigenvalue weighted by Crippen LogP contribution is 2.42. The minimum atomic E-state index is -3.33. The molecule has 2 fully saturated rings. The van der Waals surface area contributed by atoms with Crippen LogP contribution < -0.4 is 15.8 Å². The largest absolute Gasteiger partial charge is 0.438 e. The first-order valence-corrected chi connectivity index (χ1v) is 25.8. The lowest BCUT2D eigenvalue weighted by molar-refractivity contribution is -0.0682. The summed E-state index contributed by atoms with van der Waals surface area (Å²) in [5, 5.41) is 9.36. The number of amides is 2. The smallest absolute Gasteiger partial charge is 0.411 e. The van der Waals surface area contributed by atoms with Crippen molar-refractivity contribution in [1.29, 1.82) is 0 Å². The van der Waals surface area contributed by atoms with Crippen LogP contribution in [0.4, 0.5) is 18.4 Å². The highest BCUT2D eigenvalue weighted by atomic mass is 32.2. The van der Waals surface area contributed by atoms with E-state index in [-0.39, 0.29) is 48.0 Å². The molecule has 2 N–H and O–H groups in total. The van der Waals surface area contributed by atoms with Crippen molar-refractivity contribution in [3.8, 4) is 22.3 Å². The van der Waals surface area contributed by atoms with Gasteiger partial charge in [-0.1, -0.05) is 72.8 Å². The highest BCUT2D eigenvalue weighted by Gasteiger charge is 2.44. The van der Waals surface area contributed by atoms with Crippen molar-refractivity contribution < 1.29 is 41.4 Å². The molecule has 380 valence electrons. The fraction of sp³-hybridized carbons (Fsp3) is 0.345. The standard InChI is InChI=1S/C28H32FN3O5S.C27H29FN2O4/c1-20(21-5-7-22(8-6-21)23-9-14-26(33)31(2)19-23)32-18-16-28(37-27(32)34,15-4-17-30-38(3,35)36)24-10-12-25(29)13-11-24;1-19(20-4-6-21(7-5-20)22-8-13-25(32)29(2)18-22)30-16-15-27(14-3-17-31,34-26(30)33)23-9-11-24(28)12-10-23/h5-14,19-20,30H,4,15-18H2,1-3H3;4-13,18-19,31H,3,14-17H2,1-2H3/t20-,28+;19-,27+/m00/s1. The predicted molar refractivity (Wildman–Crippen MR) is 271 cm³/mol. The van der Waals surface area contributed by atoms with Gasteiger partial charge in [0, 0.05) is 77.7 Å². The second-order valence-electron chi connectivity index (χ2n) is 18.6. The maximum atomic E-state index is 13.6. The predicted octanol–water partition coefficient (Wildman–Crippen LogP) is 9.08. The average Bonchev–Trinajstić information content (AvgIpc) is 3.36. The minimum Gasteiger partial charge on any atom is -0.438 e. The molecule has 2 amide bonds. The van der Waals surface area contributed by atoms with E-state index in [9.17, 15) is 41.5 Å². The fourth-order valence-corrected chi connectivity index (χ4v) is 9.90. The lowest BCUT2D eigenvalue weighted by Gasteiger charge is -2.43. The van der Waals surface area contributed by atoms with Crippen LogP contribution >= 0.6 is 0 Å². The van der Waals surface area contributed by atoms with E-state index in [1.807, 2.05) is 62.4 Å². The highest BCUT2D eigenvalue weighted by molar-refractivity contribution is 7.88. The Morgan fingerprint density at radius 2 is 0.958 bits per heavy atom. The van der Waals surface area contributed by atoms with Gasteiger partial charge in [-0.05, 0) is 120 Å². The van der Waals surface area contributed by atoms with E-state index in [2.05, 4.69) is 4.72 Å². The van der Waals surface area contributed by atoms with Gasteiger partial charge in [-0.3, -0.25) is 9.59 Å². The second-order valence-corrected chi connectivity index (χ2v) is 20.4. The fourth-order valence-electron chi connectivity index (χ4n) is 9.39. The van der Waals surface area contributed by atoms with Crippen molar-refractivity contribution in [2.45, 2.75) is 75.7 Å². The molecule has 2 aliphatic rings. The normalized spacial score (nSPS) is 18.9. The lowest BCUT2D eigenvalue weighted by atomic mass is 9.84. The first-order chi connectivity index (χ1) is 34.3. The number of aliphatic hydroxyl groups is 1. The molecule has 72 heavy (non-hydrogen) atoms. The van der Waals surface area contributed by atoms with Crippen molar-refractivity contribution in [2.24, 2.45) is 14.1 Å². The van der Waals surface area contributed by atoms with E-state index in [0.717, 1.165) is 45.2 Å². The van der Waals surface area contributed by atoms with Crippen LogP contribution in [0.15, 0.2) is 143 Å². The van der Waals surface area contributed by atoms with Crippen LogP contribution in [0, 0.1) is 11.6 Å². The summed E-state index contributed by atoms with van der Waals surface area (Å²) in [4.78, 5) is 53.1. The van der Waals surface area contributed by atoms with Gasteiger partial charge in [0.05, 0.1) is 18.3 Å². The molecule has 4 heterocycles. The molecular weight excluding hydrogens is 945 g/mol. The Bertz CT molecular complexity index is 3080. The third kappa shape index (κ3) is 12.6. The summed E-state index contributed by atoms with van der Waals surface area (Å²) in [6.45, 7) is 4.99. The van der Waals surface area contributed by atoms with Gasteiger partial charge < -0.3 is 33.5 Å². The SMILES string of the molecule is C[C@@H](c1ccc(-c2ccc(=O)n(C)c2)cc1)N1CC[C@](CCCNS(C)(=O)=O)(c2ccc(F)cc2)OC1=O.C[C@@H](c1ccc(-c2ccc(=O)n(C)c2)cc1)N1CC[C@](CCCO)(c2ccc(F)cc2)OC1=O. The number of carbonyl (C=O) groups is 2. The second kappa shape index (κ2) is 22.6. The van der Waals surface area contributed by atoms with Crippen LogP contribution in [-0.2, 0) is 44.8 Å². The quantitative estimate of drug-likeness (QED) is 0.0899. The number of ether oxygens (including phenoxy) is 2. The molecule has 2 saturated heterocycles. The van der Waals surface area contributed by atoms with Gasteiger partial charge >= 0.3 is 12.2 Å². The van der Waals surface area contributed by atoms with Gasteiger partial charge in [-0.2, -0.15) is 0 Å². The first-order valence-electron chi connectivity index (χ1n) is 23.9. The monoisotopic (exact) mass is 1010 g/mol. The molecule has 0 spiro atoms. The van der Waals surface area contributed by atoms with Crippen LogP contribution in [0.5, 0.6) is 0 Å². The third-order valence-corrected chi connectivity index (χ3v) is 14.4. The lowest BCUT2D eigenvalue weighted by Crippen LogP contribution is -2.49. The number of aliphatic hydroxyl groups excluding tert-OH is 1. The van der Waals surface area contributed by atoms with Gasteiger partial charge in [0.15, 0.2) is 0 Å². The van der Waals surface area contributed by atoms with Gasteiger partial charge in [0.1, 0.15) is 22.8 Å². The maximum absolute atomic E-state index is 13.6. The molecule has 0 unspecified atom stereocenters. The van der Waals surface area contributed by atoms with Crippen LogP contribution in [0.2, 0.25) is 0 Å². The number of nitrogens with one attached hydrogen (secondary N) is 1. The summed E-state index contributed by atoms with van der Waals surface area (Å²) in [7, 11) is 0.0916. The Morgan fingerprint density at radius 1 is 0.583 bits per heavy atom. The number of sulfonamides is 1. The minimum absolute atomic E-state index is 0.0114. The number of nitrogens with zero attached hydrogens (tertiary/aromatic N) is 4. The number of halogens is 2. The summed E-state index contributed by atoms with van der Waals surface area (Å²) < 4.78 is 67.6. The van der Waals surface area contributed by atoms with Crippen molar-refractivity contribution in [3.05, 3.63) is 188 Å². The molecule has 2 aliphatic heterocycles. The molecule has 14 nitrogen and oxygen atoms in total. The van der Waals surface area contributed by atoms with E-state index in [1.54, 1.807) is 83.3 Å². The number of aryl methyl sites for hydroxylation is 2. The zero-order chi connectivity index (χ0) is 51.8. The zero-order valence-electron chi connectivity index (χ0n) is 41.1. The molecule has 4 aromatic carbocycles. The summed E-state index contributed by atoms with van der Waals surface area (Å²) in [5.74, 6) is -0.735. The molecule has 0 bridgehead atoms. The van der Waals surface area contributed by atoms with Gasteiger partial charge in [-0.15, -0.1) is 0 Å². The molecular formula is C55H61F2N5O9S. The van der Waals surface area contributed by atoms with Crippen LogP contribution in [0.3, 0.4) is 0 Å². The van der Waals surface area contributed by atoms with Gasteiger partial charge in [0.25, 0.3) is 0 Å². The topological polar surface area (TPSA) is 169 Å². The number of rotatable bonds is 16. The van der Waals surface area contributed by atoms with Crippen molar-refractivity contribution in [2.75, 3.05) is 32.5 Å². The number of pyridine rings is 2. The van der Waals surface area contributed by atoms with Crippen LogP contribution in [0.25, 0.3) is 22.3 Å². The number of hydrogen-bond donors (Lipinski definition) is 2. The molecule has 0 aliphatic carbocycles. The first kappa shape index (κ1) is 52.9. The molecule has 8 rings (SSSR count). The van der Waals surface area contributed by atoms with Crippen molar-refractivity contribution >= 4 is 22.2 Å². The van der Waals surface area contributed by atoms with E-state index < -0.39 is 33.4 Å². The summed E-state index contributed by atoms with van der Waals surface area (Å²) in [5.41, 5.74) is 5.11. The number of benzene rings is 4. The van der Waals surface area contributed by atoms with E-state index in [1.165, 1.54) is 34.9 Å². The van der Waals surface area contributed by atoms with E-state index >= 15 is 0 Å². The Kier molecular flexibility index (Phi) is 16.6. The van der Waals surface area contributed by atoms with Gasteiger partial charge in [0.2, 0.25) is 21.1 Å². The van der Waals surface area contributed by atoms with E-state index in [0.29, 0.717) is 57.2 Å². The van der Waals surface area contributed by atoms with Crippen LogP contribution in [0.1, 0.15) is 86.7 Å². The number of aromatic nitrogens is 2. The molecule has 2 aromatic heterocycles. The summed E-state index contributed by atoms with van der Waals surface area (Å²) in [6.07, 6.45) is 6.57. The molecule has 4 atom stereocenters. The van der Waals surface area contributed by atoms with E-state index in [4.69, 9.17) is 9.47 Å². The Morgan fingerprint density at radius 3 is 1.31 bits per heavy atom. The number of carbonyl (C=O) groups excluding carboxylic acids is 2. The molecule has 6 aromatic rings. The van der Waals surface area contributed by atoms with Crippen LogP contribution in [-0.4, -0.2) is 77.1 Å². The van der Waals surface area contributed by atoms with Gasteiger partial charge in [-0.25, -0.2) is 31.5 Å². The summed E-state index contributed by atoms with van der Waals surface area (Å²) in [6, 6.07) is 33.9. The zero-order valence-corrected chi connectivity index (χ0v) is 41.9. The molecule has 0 saturated carbocycles. The summed E-state index contributed by atoms with van der Waals surface area (Å²) >= 11 is 0. The molecule has 17 heteroatoms. The Hall–Kier alpha value is -6.95. The number of hydrogen-bond acceptors (Lipinski definition) is 9. The molecule has 0 radical (unpaired) electrons. The average molecular weight is 1010 g/mol. The van der Waals surface area contributed by atoms with Crippen molar-refractivity contribution in [3.63, 3.8) is 0 Å².